The SMILES string of the molecule is Oc1cccc(Nc2nc(N3CCOCC3)nc3c2CCN3c2ccccc2)c1. The van der Waals surface area contributed by atoms with Gasteiger partial charge in [0.05, 0.1) is 13.2 Å². The number of nitrogens with one attached hydrogen (secondary N) is 1. The van der Waals surface area contributed by atoms with E-state index < -0.39 is 0 Å². The zero-order valence-electron chi connectivity index (χ0n) is 16.1. The van der Waals surface area contributed by atoms with Crippen molar-refractivity contribution < 1.29 is 9.84 Å². The van der Waals surface area contributed by atoms with Gasteiger partial charge in [-0.2, -0.15) is 9.97 Å². The van der Waals surface area contributed by atoms with Gasteiger partial charge < -0.3 is 25.0 Å². The lowest BCUT2D eigenvalue weighted by Gasteiger charge is -2.28. The van der Waals surface area contributed by atoms with Crippen LogP contribution in [0, 0.1) is 0 Å². The van der Waals surface area contributed by atoms with Gasteiger partial charge in [-0.1, -0.05) is 24.3 Å². The molecule has 5 rings (SSSR count). The first-order valence-electron chi connectivity index (χ1n) is 9.90. The van der Waals surface area contributed by atoms with Crippen LogP contribution in [0.3, 0.4) is 0 Å². The second-order valence-corrected chi connectivity index (χ2v) is 7.19. The van der Waals surface area contributed by atoms with Gasteiger partial charge in [-0.25, -0.2) is 0 Å². The third-order valence-corrected chi connectivity index (χ3v) is 5.29. The number of aromatic hydroxyl groups is 1. The van der Waals surface area contributed by atoms with Gasteiger partial charge in [0.1, 0.15) is 17.4 Å². The molecule has 7 nitrogen and oxygen atoms in total. The smallest absolute Gasteiger partial charge is 0.229 e. The molecular weight excluding hydrogens is 366 g/mol. The Bertz CT molecular complexity index is 1010. The maximum absolute atomic E-state index is 9.83. The highest BCUT2D eigenvalue weighted by Crippen LogP contribution is 2.38. The van der Waals surface area contributed by atoms with Gasteiger partial charge in [-0.05, 0) is 30.7 Å². The molecule has 1 aromatic heterocycles. The molecule has 0 unspecified atom stereocenters. The first-order chi connectivity index (χ1) is 14.3. The number of fused-ring (bicyclic) bond motifs is 1. The Morgan fingerprint density at radius 2 is 1.76 bits per heavy atom. The fourth-order valence-electron chi connectivity index (χ4n) is 3.83. The van der Waals surface area contributed by atoms with Crippen molar-refractivity contribution in [3.63, 3.8) is 0 Å². The average Bonchev–Trinajstić information content (AvgIpc) is 3.19. The van der Waals surface area contributed by atoms with Gasteiger partial charge in [-0.15, -0.1) is 0 Å². The molecule has 29 heavy (non-hydrogen) atoms. The van der Waals surface area contributed by atoms with E-state index in [2.05, 4.69) is 27.2 Å². The molecule has 7 heteroatoms. The number of anilines is 5. The van der Waals surface area contributed by atoms with E-state index in [4.69, 9.17) is 14.7 Å². The molecule has 0 amide bonds. The zero-order valence-corrected chi connectivity index (χ0v) is 16.1. The third kappa shape index (κ3) is 3.56. The molecule has 3 aromatic rings. The Balaban J connectivity index is 1.57. The number of para-hydroxylation sites is 1. The van der Waals surface area contributed by atoms with Crippen molar-refractivity contribution in [1.29, 1.82) is 0 Å². The second-order valence-electron chi connectivity index (χ2n) is 7.19. The van der Waals surface area contributed by atoms with E-state index in [0.717, 1.165) is 54.6 Å². The minimum Gasteiger partial charge on any atom is -0.508 e. The van der Waals surface area contributed by atoms with Crippen LogP contribution in [0.15, 0.2) is 54.6 Å². The molecule has 2 aliphatic rings. The molecule has 2 N–H and O–H groups in total. The summed E-state index contributed by atoms with van der Waals surface area (Å²) in [6, 6.07) is 17.4. The van der Waals surface area contributed by atoms with Gasteiger partial charge in [0.15, 0.2) is 0 Å². The molecule has 148 valence electrons. The highest BCUT2D eigenvalue weighted by molar-refractivity contribution is 5.75. The Labute approximate surface area is 169 Å². The van der Waals surface area contributed by atoms with Gasteiger partial charge in [0.25, 0.3) is 0 Å². The van der Waals surface area contributed by atoms with E-state index in [1.807, 2.05) is 30.3 Å². The number of rotatable bonds is 4. The van der Waals surface area contributed by atoms with E-state index >= 15 is 0 Å². The van der Waals surface area contributed by atoms with Crippen molar-refractivity contribution in [3.05, 3.63) is 60.2 Å². The monoisotopic (exact) mass is 389 g/mol. The summed E-state index contributed by atoms with van der Waals surface area (Å²) in [5, 5.41) is 13.2. The van der Waals surface area contributed by atoms with Crippen molar-refractivity contribution in [2.24, 2.45) is 0 Å². The van der Waals surface area contributed by atoms with Crippen molar-refractivity contribution in [1.82, 2.24) is 9.97 Å². The van der Waals surface area contributed by atoms with Crippen LogP contribution in [0.25, 0.3) is 0 Å². The number of phenols is 1. The molecule has 1 saturated heterocycles. The largest absolute Gasteiger partial charge is 0.508 e. The zero-order chi connectivity index (χ0) is 19.6. The summed E-state index contributed by atoms with van der Waals surface area (Å²) in [6.45, 7) is 3.76. The molecule has 0 bridgehead atoms. The molecule has 0 aliphatic carbocycles. The van der Waals surface area contributed by atoms with Gasteiger partial charge in [-0.3, -0.25) is 0 Å². The number of hydrogen-bond donors (Lipinski definition) is 2. The summed E-state index contributed by atoms with van der Waals surface area (Å²) in [7, 11) is 0. The number of hydrogen-bond acceptors (Lipinski definition) is 7. The summed E-state index contributed by atoms with van der Waals surface area (Å²) in [5.74, 6) is 2.66. The maximum atomic E-state index is 9.83. The molecule has 0 radical (unpaired) electrons. The molecule has 2 aromatic carbocycles. The number of ether oxygens (including phenoxy) is 1. The van der Waals surface area contributed by atoms with Crippen molar-refractivity contribution in [3.8, 4) is 5.75 Å². The summed E-state index contributed by atoms with van der Waals surface area (Å²) in [5.41, 5.74) is 3.02. The van der Waals surface area contributed by atoms with E-state index in [0.29, 0.717) is 19.2 Å². The first-order valence-corrected chi connectivity index (χ1v) is 9.90. The standard InChI is InChI=1S/C22H23N5O2/c28-18-8-4-5-16(15-18)23-20-19-9-10-27(17-6-2-1-3-7-17)21(19)25-22(24-20)26-11-13-29-14-12-26/h1-8,15,28H,9-14H2,(H,23,24,25). The molecule has 0 atom stereocenters. The lowest BCUT2D eigenvalue weighted by Crippen LogP contribution is -2.37. The Hall–Kier alpha value is -3.32. The fraction of sp³-hybridized carbons (Fsp3) is 0.273. The summed E-state index contributed by atoms with van der Waals surface area (Å²) >= 11 is 0. The number of aromatic nitrogens is 2. The molecule has 0 saturated carbocycles. The second kappa shape index (κ2) is 7.60. The average molecular weight is 389 g/mol. The Kier molecular flexibility index (Phi) is 4.65. The summed E-state index contributed by atoms with van der Waals surface area (Å²) < 4.78 is 5.49. The van der Waals surface area contributed by atoms with Crippen LogP contribution in [-0.4, -0.2) is 47.9 Å². The highest BCUT2D eigenvalue weighted by Gasteiger charge is 2.28. The third-order valence-electron chi connectivity index (χ3n) is 5.29. The quantitative estimate of drug-likeness (QED) is 0.708. The van der Waals surface area contributed by atoms with Crippen molar-refractivity contribution in [2.75, 3.05) is 48.0 Å². The number of phenolic OH excluding ortho intramolecular Hbond substituents is 1. The number of nitrogens with zero attached hydrogens (tertiary/aromatic N) is 4. The fourth-order valence-corrected chi connectivity index (χ4v) is 3.83. The molecule has 0 spiro atoms. The Morgan fingerprint density at radius 1 is 0.931 bits per heavy atom. The summed E-state index contributed by atoms with van der Waals surface area (Å²) in [4.78, 5) is 14.2. The van der Waals surface area contributed by atoms with Crippen LogP contribution in [0.4, 0.5) is 29.0 Å². The van der Waals surface area contributed by atoms with Gasteiger partial charge >= 0.3 is 0 Å². The topological polar surface area (TPSA) is 73.8 Å². The van der Waals surface area contributed by atoms with Crippen molar-refractivity contribution in [2.45, 2.75) is 6.42 Å². The molecular formula is C22H23N5O2. The Morgan fingerprint density at radius 3 is 2.55 bits per heavy atom. The van der Waals surface area contributed by atoms with E-state index in [9.17, 15) is 5.11 Å². The van der Waals surface area contributed by atoms with Gasteiger partial charge in [0.2, 0.25) is 5.95 Å². The van der Waals surface area contributed by atoms with E-state index in [1.54, 1.807) is 12.1 Å². The maximum Gasteiger partial charge on any atom is 0.229 e. The highest BCUT2D eigenvalue weighted by atomic mass is 16.5. The lowest BCUT2D eigenvalue weighted by atomic mass is 10.2. The minimum atomic E-state index is 0.222. The van der Waals surface area contributed by atoms with Crippen LogP contribution in [0.5, 0.6) is 5.75 Å². The van der Waals surface area contributed by atoms with Crippen LogP contribution in [0.2, 0.25) is 0 Å². The van der Waals surface area contributed by atoms with Crippen LogP contribution in [0.1, 0.15) is 5.56 Å². The summed E-state index contributed by atoms with van der Waals surface area (Å²) in [6.07, 6.45) is 0.856. The normalized spacial score (nSPS) is 16.0. The molecule has 3 heterocycles. The van der Waals surface area contributed by atoms with Crippen molar-refractivity contribution >= 4 is 29.0 Å². The van der Waals surface area contributed by atoms with Gasteiger partial charge in [0, 0.05) is 42.6 Å². The van der Waals surface area contributed by atoms with E-state index in [1.165, 1.54) is 0 Å². The lowest BCUT2D eigenvalue weighted by molar-refractivity contribution is 0.122. The van der Waals surface area contributed by atoms with Crippen LogP contribution < -0.4 is 15.1 Å². The minimum absolute atomic E-state index is 0.222. The number of benzene rings is 2. The molecule has 1 fully saturated rings. The van der Waals surface area contributed by atoms with Crippen LogP contribution in [-0.2, 0) is 11.2 Å². The molecule has 2 aliphatic heterocycles. The first kappa shape index (κ1) is 17.8. The predicted molar refractivity (Wildman–Crippen MR) is 114 cm³/mol. The number of morpholine rings is 1. The van der Waals surface area contributed by atoms with E-state index in [-0.39, 0.29) is 5.75 Å². The predicted octanol–water partition coefficient (Wildman–Crippen LogP) is 3.46. The van der Waals surface area contributed by atoms with Crippen LogP contribution >= 0.6 is 0 Å².